The molecule has 0 amide bonds. The van der Waals surface area contributed by atoms with Crippen molar-refractivity contribution in [1.82, 2.24) is 4.98 Å². The Labute approximate surface area is 86.9 Å². The van der Waals surface area contributed by atoms with Gasteiger partial charge in [-0.25, -0.2) is 4.39 Å². The number of benzene rings is 1. The zero-order chi connectivity index (χ0) is 10.3. The summed E-state index contributed by atoms with van der Waals surface area (Å²) in [6, 6.07) is 3.19. The Balaban J connectivity index is 2.87. The molecule has 1 N–H and O–H groups in total. The molecule has 14 heavy (non-hydrogen) atoms. The average molecular weight is 212 g/mol. The van der Waals surface area contributed by atoms with Crippen molar-refractivity contribution in [2.45, 2.75) is 19.8 Å². The minimum atomic E-state index is -0.186. The van der Waals surface area contributed by atoms with Crippen molar-refractivity contribution in [1.29, 1.82) is 0 Å². The maximum Gasteiger partial charge on any atom is 0.127 e. The van der Waals surface area contributed by atoms with Crippen LogP contribution in [0.5, 0.6) is 0 Å². The molecule has 0 aliphatic carbocycles. The predicted octanol–water partition coefficient (Wildman–Crippen LogP) is 4.08. The molecular weight excluding hydrogens is 201 g/mol. The molecule has 0 saturated carbocycles. The van der Waals surface area contributed by atoms with Gasteiger partial charge >= 0.3 is 0 Å². The van der Waals surface area contributed by atoms with Gasteiger partial charge in [-0.05, 0) is 18.1 Å². The van der Waals surface area contributed by atoms with Crippen molar-refractivity contribution < 1.29 is 4.39 Å². The Bertz CT molecular complexity index is 473. The Morgan fingerprint density at radius 1 is 1.36 bits per heavy atom. The Morgan fingerprint density at radius 3 is 2.71 bits per heavy atom. The normalized spacial score (nSPS) is 11.5. The summed E-state index contributed by atoms with van der Waals surface area (Å²) < 4.78 is 13.6. The molecule has 0 radical (unpaired) electrons. The number of fused-ring (bicyclic) bond motifs is 1. The SMILES string of the molecule is CC(C)c1c(F)ccc2[nH]cc(Cl)c12. The van der Waals surface area contributed by atoms with Gasteiger partial charge in [0.1, 0.15) is 5.82 Å². The molecule has 0 aliphatic rings. The first kappa shape index (κ1) is 9.53. The fourth-order valence-electron chi connectivity index (χ4n) is 1.75. The van der Waals surface area contributed by atoms with Crippen LogP contribution in [0.2, 0.25) is 5.02 Å². The molecule has 1 heterocycles. The zero-order valence-electron chi connectivity index (χ0n) is 8.07. The van der Waals surface area contributed by atoms with Crippen molar-refractivity contribution in [2.75, 3.05) is 0 Å². The van der Waals surface area contributed by atoms with Gasteiger partial charge in [0.25, 0.3) is 0 Å². The van der Waals surface area contributed by atoms with E-state index < -0.39 is 0 Å². The molecule has 1 aromatic carbocycles. The van der Waals surface area contributed by atoms with E-state index in [0.717, 1.165) is 10.9 Å². The van der Waals surface area contributed by atoms with E-state index in [9.17, 15) is 4.39 Å². The quantitative estimate of drug-likeness (QED) is 0.732. The van der Waals surface area contributed by atoms with Gasteiger partial charge in [0.05, 0.1) is 5.02 Å². The molecule has 0 spiro atoms. The summed E-state index contributed by atoms with van der Waals surface area (Å²) >= 11 is 6.00. The summed E-state index contributed by atoms with van der Waals surface area (Å²) in [5, 5.41) is 1.39. The number of hydrogen-bond donors (Lipinski definition) is 1. The van der Waals surface area contributed by atoms with Crippen LogP contribution in [0.25, 0.3) is 10.9 Å². The summed E-state index contributed by atoms with van der Waals surface area (Å²) in [5.41, 5.74) is 1.58. The van der Waals surface area contributed by atoms with E-state index in [0.29, 0.717) is 10.6 Å². The van der Waals surface area contributed by atoms with Crippen LogP contribution in [0.15, 0.2) is 18.3 Å². The molecule has 1 aromatic heterocycles. The van der Waals surface area contributed by atoms with Crippen LogP contribution in [0, 0.1) is 5.82 Å². The van der Waals surface area contributed by atoms with Crippen LogP contribution in [-0.4, -0.2) is 4.98 Å². The van der Waals surface area contributed by atoms with E-state index in [2.05, 4.69) is 4.98 Å². The van der Waals surface area contributed by atoms with Crippen LogP contribution in [0.4, 0.5) is 4.39 Å². The second kappa shape index (κ2) is 3.28. The maximum atomic E-state index is 13.6. The number of rotatable bonds is 1. The lowest BCUT2D eigenvalue weighted by atomic mass is 9.99. The van der Waals surface area contributed by atoms with E-state index in [1.165, 1.54) is 6.07 Å². The third-order valence-corrected chi connectivity index (χ3v) is 2.66. The maximum absolute atomic E-state index is 13.6. The number of halogens is 2. The van der Waals surface area contributed by atoms with Crippen molar-refractivity contribution in [3.05, 3.63) is 34.7 Å². The molecule has 1 nitrogen and oxygen atoms in total. The number of H-pyrrole nitrogens is 1. The van der Waals surface area contributed by atoms with E-state index in [1.54, 1.807) is 12.3 Å². The van der Waals surface area contributed by atoms with E-state index >= 15 is 0 Å². The lowest BCUT2D eigenvalue weighted by Gasteiger charge is -2.08. The summed E-state index contributed by atoms with van der Waals surface area (Å²) in [6.45, 7) is 3.92. The second-order valence-corrected chi connectivity index (χ2v) is 4.08. The smallest absolute Gasteiger partial charge is 0.127 e. The third-order valence-electron chi connectivity index (χ3n) is 2.36. The summed E-state index contributed by atoms with van der Waals surface area (Å²) in [7, 11) is 0. The Kier molecular flexibility index (Phi) is 2.23. The van der Waals surface area contributed by atoms with Crippen molar-refractivity contribution in [2.24, 2.45) is 0 Å². The van der Waals surface area contributed by atoms with Crippen molar-refractivity contribution in [3.8, 4) is 0 Å². The highest BCUT2D eigenvalue weighted by molar-refractivity contribution is 6.35. The third kappa shape index (κ3) is 1.30. The lowest BCUT2D eigenvalue weighted by Crippen LogP contribution is -1.93. The Morgan fingerprint density at radius 2 is 2.07 bits per heavy atom. The van der Waals surface area contributed by atoms with Crippen LogP contribution in [-0.2, 0) is 0 Å². The fourth-order valence-corrected chi connectivity index (χ4v) is 2.01. The van der Waals surface area contributed by atoms with E-state index in [-0.39, 0.29) is 11.7 Å². The van der Waals surface area contributed by atoms with E-state index in [1.807, 2.05) is 13.8 Å². The molecule has 0 atom stereocenters. The van der Waals surface area contributed by atoms with Gasteiger partial charge in [-0.3, -0.25) is 0 Å². The monoisotopic (exact) mass is 211 g/mol. The summed E-state index contributed by atoms with van der Waals surface area (Å²) in [5.74, 6) is -0.0546. The standard InChI is InChI=1S/C11H11ClFN/c1-6(2)10-8(13)3-4-9-11(10)7(12)5-14-9/h3-6,14H,1-2H3. The van der Waals surface area contributed by atoms with Gasteiger partial charge < -0.3 is 4.98 Å². The first-order chi connectivity index (χ1) is 6.61. The van der Waals surface area contributed by atoms with Gasteiger partial charge in [0.15, 0.2) is 0 Å². The van der Waals surface area contributed by atoms with Crippen LogP contribution < -0.4 is 0 Å². The first-order valence-corrected chi connectivity index (χ1v) is 4.94. The molecule has 0 saturated heterocycles. The van der Waals surface area contributed by atoms with Crippen LogP contribution in [0.1, 0.15) is 25.3 Å². The van der Waals surface area contributed by atoms with Crippen LogP contribution in [0.3, 0.4) is 0 Å². The van der Waals surface area contributed by atoms with Gasteiger partial charge in [-0.2, -0.15) is 0 Å². The van der Waals surface area contributed by atoms with Crippen molar-refractivity contribution >= 4 is 22.5 Å². The largest absolute Gasteiger partial charge is 0.360 e. The first-order valence-electron chi connectivity index (χ1n) is 4.56. The molecule has 0 unspecified atom stereocenters. The highest BCUT2D eigenvalue weighted by Gasteiger charge is 2.14. The van der Waals surface area contributed by atoms with Gasteiger partial charge in [0, 0.05) is 22.7 Å². The molecule has 0 bridgehead atoms. The topological polar surface area (TPSA) is 15.8 Å². The predicted molar refractivity (Wildman–Crippen MR) is 57.4 cm³/mol. The van der Waals surface area contributed by atoms with Crippen molar-refractivity contribution in [3.63, 3.8) is 0 Å². The fraction of sp³-hybridized carbons (Fsp3) is 0.273. The molecule has 0 aliphatic heterocycles. The lowest BCUT2D eigenvalue weighted by molar-refractivity contribution is 0.602. The molecular formula is C11H11ClFN. The average Bonchev–Trinajstić information content (AvgIpc) is 2.47. The molecule has 0 fully saturated rings. The number of hydrogen-bond acceptors (Lipinski definition) is 0. The van der Waals surface area contributed by atoms with Gasteiger partial charge in [-0.15, -0.1) is 0 Å². The minimum absolute atomic E-state index is 0.131. The van der Waals surface area contributed by atoms with Gasteiger partial charge in [0.2, 0.25) is 0 Å². The molecule has 2 rings (SSSR count). The zero-order valence-corrected chi connectivity index (χ0v) is 8.82. The number of aromatic nitrogens is 1. The molecule has 74 valence electrons. The number of aromatic amines is 1. The summed E-state index contributed by atoms with van der Waals surface area (Å²) in [6.07, 6.45) is 1.69. The highest BCUT2D eigenvalue weighted by atomic mass is 35.5. The molecule has 3 heteroatoms. The van der Waals surface area contributed by atoms with Gasteiger partial charge in [-0.1, -0.05) is 25.4 Å². The summed E-state index contributed by atoms with van der Waals surface area (Å²) in [4.78, 5) is 3.01. The Hall–Kier alpha value is -1.02. The molecule has 2 aromatic rings. The van der Waals surface area contributed by atoms with E-state index in [4.69, 9.17) is 11.6 Å². The second-order valence-electron chi connectivity index (χ2n) is 3.67. The van der Waals surface area contributed by atoms with Crippen LogP contribution >= 0.6 is 11.6 Å². The number of nitrogens with one attached hydrogen (secondary N) is 1. The highest BCUT2D eigenvalue weighted by Crippen LogP contribution is 2.32. The minimum Gasteiger partial charge on any atom is -0.360 e.